The van der Waals surface area contributed by atoms with Crippen LogP contribution in [0.15, 0.2) is 43.0 Å². The Hall–Kier alpha value is -2.56. The van der Waals surface area contributed by atoms with Crippen molar-refractivity contribution in [2.24, 2.45) is 0 Å². The fraction of sp³-hybridized carbons (Fsp3) is 0. The molecule has 90 valence electrons. The molecule has 0 saturated heterocycles. The van der Waals surface area contributed by atoms with Crippen LogP contribution in [0, 0.1) is 0 Å². The van der Waals surface area contributed by atoms with Gasteiger partial charge in [-0.1, -0.05) is 24.8 Å². The molecule has 0 aromatic heterocycles. The molecule has 0 fully saturated rings. The first-order chi connectivity index (χ1) is 7.95. The lowest BCUT2D eigenvalue weighted by Gasteiger charge is -1.91. The standard InChI is InChI=1S/C8H9N.C4H4O4/c1-2-7-3-5-8(9)6-4-7;5-3(6)1-2-4(7)8/h2-6H,1,9H2;1-2H,(H,5,6)(H,7,8)/b;2-1-. The van der Waals surface area contributed by atoms with Gasteiger partial charge in [-0.2, -0.15) is 0 Å². The molecular weight excluding hydrogens is 222 g/mol. The number of aliphatic carboxylic acids is 2. The number of rotatable bonds is 3. The van der Waals surface area contributed by atoms with Gasteiger partial charge in [0.25, 0.3) is 0 Å². The molecular formula is C12H13NO4. The van der Waals surface area contributed by atoms with E-state index < -0.39 is 11.9 Å². The number of hydrogen-bond donors (Lipinski definition) is 3. The summed E-state index contributed by atoms with van der Waals surface area (Å²) in [5.74, 6) is -2.51. The van der Waals surface area contributed by atoms with Gasteiger partial charge in [0.1, 0.15) is 0 Å². The van der Waals surface area contributed by atoms with Crippen LogP contribution in [0.1, 0.15) is 5.56 Å². The SMILES string of the molecule is C=Cc1ccc(N)cc1.O=C(O)/C=C\C(=O)O. The van der Waals surface area contributed by atoms with Crippen molar-refractivity contribution in [3.63, 3.8) is 0 Å². The summed E-state index contributed by atoms with van der Waals surface area (Å²) in [6.45, 7) is 3.62. The molecule has 0 amide bonds. The second-order valence-corrected chi connectivity index (χ2v) is 2.88. The van der Waals surface area contributed by atoms with E-state index in [2.05, 4.69) is 6.58 Å². The van der Waals surface area contributed by atoms with Crippen molar-refractivity contribution in [2.45, 2.75) is 0 Å². The normalized spacial score (nSPS) is 9.18. The Morgan fingerprint density at radius 1 is 1.06 bits per heavy atom. The lowest BCUT2D eigenvalue weighted by Crippen LogP contribution is -1.91. The molecule has 0 spiro atoms. The summed E-state index contributed by atoms with van der Waals surface area (Å²) in [5.41, 5.74) is 7.34. The molecule has 5 nitrogen and oxygen atoms in total. The third kappa shape index (κ3) is 8.44. The molecule has 0 aliphatic heterocycles. The van der Waals surface area contributed by atoms with Crippen LogP contribution in [-0.4, -0.2) is 22.2 Å². The molecule has 1 rings (SSSR count). The molecule has 0 radical (unpaired) electrons. The van der Waals surface area contributed by atoms with Crippen molar-refractivity contribution in [3.8, 4) is 0 Å². The molecule has 1 aromatic rings. The Morgan fingerprint density at radius 2 is 1.47 bits per heavy atom. The van der Waals surface area contributed by atoms with Crippen molar-refractivity contribution >= 4 is 23.7 Å². The molecule has 1 aromatic carbocycles. The van der Waals surface area contributed by atoms with E-state index in [4.69, 9.17) is 15.9 Å². The number of carboxylic acids is 2. The lowest BCUT2D eigenvalue weighted by molar-refractivity contribution is -0.134. The fourth-order valence-electron chi connectivity index (χ4n) is 0.775. The fourth-order valence-corrected chi connectivity index (χ4v) is 0.775. The lowest BCUT2D eigenvalue weighted by atomic mass is 10.2. The molecule has 17 heavy (non-hydrogen) atoms. The van der Waals surface area contributed by atoms with Gasteiger partial charge in [0.05, 0.1) is 0 Å². The second-order valence-electron chi connectivity index (χ2n) is 2.88. The second kappa shape index (κ2) is 7.70. The van der Waals surface area contributed by atoms with Crippen molar-refractivity contribution in [1.29, 1.82) is 0 Å². The number of nitrogens with two attached hydrogens (primary N) is 1. The van der Waals surface area contributed by atoms with Crippen LogP contribution in [0.2, 0.25) is 0 Å². The molecule has 0 saturated carbocycles. The van der Waals surface area contributed by atoms with Crippen LogP contribution in [0.25, 0.3) is 6.08 Å². The van der Waals surface area contributed by atoms with Gasteiger partial charge >= 0.3 is 11.9 Å². The van der Waals surface area contributed by atoms with Crippen molar-refractivity contribution < 1.29 is 19.8 Å². The van der Waals surface area contributed by atoms with E-state index in [0.29, 0.717) is 12.2 Å². The maximum Gasteiger partial charge on any atom is 0.328 e. The zero-order valence-corrected chi connectivity index (χ0v) is 9.04. The number of hydrogen-bond acceptors (Lipinski definition) is 3. The molecule has 0 unspecified atom stereocenters. The summed E-state index contributed by atoms with van der Waals surface area (Å²) < 4.78 is 0. The van der Waals surface area contributed by atoms with Crippen molar-refractivity contribution in [3.05, 3.63) is 48.6 Å². The minimum atomic E-state index is -1.26. The highest BCUT2D eigenvalue weighted by atomic mass is 16.4. The van der Waals surface area contributed by atoms with E-state index in [-0.39, 0.29) is 0 Å². The zero-order chi connectivity index (χ0) is 13.3. The van der Waals surface area contributed by atoms with Crippen LogP contribution in [0.5, 0.6) is 0 Å². The summed E-state index contributed by atoms with van der Waals surface area (Å²) in [5, 5.41) is 15.6. The highest BCUT2D eigenvalue weighted by molar-refractivity contribution is 5.89. The van der Waals surface area contributed by atoms with E-state index in [1.807, 2.05) is 24.3 Å². The zero-order valence-electron chi connectivity index (χ0n) is 9.04. The van der Waals surface area contributed by atoms with E-state index in [1.54, 1.807) is 6.08 Å². The third-order valence-corrected chi connectivity index (χ3v) is 1.54. The molecule has 5 heteroatoms. The van der Waals surface area contributed by atoms with E-state index in [1.165, 1.54) is 0 Å². The molecule has 4 N–H and O–H groups in total. The monoisotopic (exact) mass is 235 g/mol. The first kappa shape index (κ1) is 14.4. The molecule has 0 aliphatic carbocycles. The number of carboxylic acid groups (broad SMARTS) is 2. The quantitative estimate of drug-likeness (QED) is 0.546. The Labute approximate surface area is 98.5 Å². The molecule has 0 heterocycles. The Kier molecular flexibility index (Phi) is 6.54. The van der Waals surface area contributed by atoms with Crippen LogP contribution in [-0.2, 0) is 9.59 Å². The van der Waals surface area contributed by atoms with Crippen LogP contribution < -0.4 is 5.73 Å². The predicted molar refractivity (Wildman–Crippen MR) is 65.4 cm³/mol. The summed E-state index contributed by atoms with van der Waals surface area (Å²) in [6, 6.07) is 7.58. The average Bonchev–Trinajstić information content (AvgIpc) is 2.28. The summed E-state index contributed by atoms with van der Waals surface area (Å²) >= 11 is 0. The Balaban J connectivity index is 0.000000304. The maximum atomic E-state index is 9.55. The summed E-state index contributed by atoms with van der Waals surface area (Å²) in [7, 11) is 0. The van der Waals surface area contributed by atoms with Gasteiger partial charge in [-0.3, -0.25) is 0 Å². The van der Waals surface area contributed by atoms with Crippen molar-refractivity contribution in [1.82, 2.24) is 0 Å². The van der Waals surface area contributed by atoms with E-state index in [9.17, 15) is 9.59 Å². The van der Waals surface area contributed by atoms with E-state index >= 15 is 0 Å². The van der Waals surface area contributed by atoms with Gasteiger partial charge in [0.2, 0.25) is 0 Å². The van der Waals surface area contributed by atoms with Gasteiger partial charge < -0.3 is 15.9 Å². The number of nitrogen functional groups attached to an aromatic ring is 1. The molecule has 0 aliphatic rings. The highest BCUT2D eigenvalue weighted by Crippen LogP contribution is 2.05. The predicted octanol–water partition coefficient (Wildman–Crippen LogP) is 1.62. The largest absolute Gasteiger partial charge is 0.478 e. The van der Waals surface area contributed by atoms with Gasteiger partial charge in [-0.05, 0) is 17.7 Å². The maximum absolute atomic E-state index is 9.55. The van der Waals surface area contributed by atoms with Gasteiger partial charge in [-0.15, -0.1) is 0 Å². The third-order valence-electron chi connectivity index (χ3n) is 1.54. The van der Waals surface area contributed by atoms with Gasteiger partial charge in [0, 0.05) is 17.8 Å². The molecule has 0 atom stereocenters. The minimum absolute atomic E-state index is 0.558. The average molecular weight is 235 g/mol. The first-order valence-electron chi connectivity index (χ1n) is 4.57. The van der Waals surface area contributed by atoms with Crippen LogP contribution in [0.3, 0.4) is 0 Å². The topological polar surface area (TPSA) is 101 Å². The summed E-state index contributed by atoms with van der Waals surface area (Å²) in [6.07, 6.45) is 2.91. The van der Waals surface area contributed by atoms with Gasteiger partial charge in [-0.25, -0.2) is 9.59 Å². The first-order valence-corrected chi connectivity index (χ1v) is 4.57. The number of benzene rings is 1. The highest BCUT2D eigenvalue weighted by Gasteiger charge is 1.88. The minimum Gasteiger partial charge on any atom is -0.478 e. The van der Waals surface area contributed by atoms with Crippen LogP contribution >= 0.6 is 0 Å². The Morgan fingerprint density at radius 3 is 1.76 bits per heavy atom. The number of anilines is 1. The number of carbonyl (C=O) groups is 2. The van der Waals surface area contributed by atoms with Crippen LogP contribution in [0.4, 0.5) is 5.69 Å². The Bertz CT molecular complexity index is 405. The smallest absolute Gasteiger partial charge is 0.328 e. The summed E-state index contributed by atoms with van der Waals surface area (Å²) in [4.78, 5) is 19.1. The van der Waals surface area contributed by atoms with Gasteiger partial charge in [0.15, 0.2) is 0 Å². The van der Waals surface area contributed by atoms with Crippen molar-refractivity contribution in [2.75, 3.05) is 5.73 Å². The molecule has 0 bridgehead atoms. The van der Waals surface area contributed by atoms with E-state index in [0.717, 1.165) is 11.3 Å².